The van der Waals surface area contributed by atoms with E-state index in [1.807, 2.05) is 37.3 Å². The largest absolute Gasteiger partial charge is 0.299 e. The molecule has 0 aliphatic heterocycles. The average molecular weight is 529 g/mol. The first-order valence-corrected chi connectivity index (χ1v) is 13.7. The SMILES string of the molecule is Cc1ccc(S(=O)(=O)N(CC(=O)Nc2nnc(SCc3ccccc3)s2)c2ccccc2F)cc1. The fraction of sp³-hybridized carbons (Fsp3) is 0.125. The number of carbonyl (C=O) groups excluding carboxylic acids is 1. The van der Waals surface area contributed by atoms with Crippen LogP contribution in [0.3, 0.4) is 0 Å². The second-order valence-corrected chi connectivity index (χ2v) is 11.5. The molecule has 1 amide bonds. The van der Waals surface area contributed by atoms with Crippen molar-refractivity contribution in [2.75, 3.05) is 16.2 Å². The highest BCUT2D eigenvalue weighted by Crippen LogP contribution is 2.29. The van der Waals surface area contributed by atoms with E-state index in [-0.39, 0.29) is 15.7 Å². The van der Waals surface area contributed by atoms with Crippen LogP contribution < -0.4 is 9.62 Å². The van der Waals surface area contributed by atoms with Crippen molar-refractivity contribution in [2.45, 2.75) is 21.9 Å². The number of hydrogen-bond donors (Lipinski definition) is 1. The van der Waals surface area contributed by atoms with E-state index in [1.54, 1.807) is 12.1 Å². The maximum absolute atomic E-state index is 14.6. The van der Waals surface area contributed by atoms with Gasteiger partial charge in [0.05, 0.1) is 10.6 Å². The Morgan fingerprint density at radius 1 is 1.00 bits per heavy atom. The lowest BCUT2D eigenvalue weighted by Crippen LogP contribution is -2.38. The number of nitrogens with zero attached hydrogens (tertiary/aromatic N) is 3. The number of rotatable bonds is 9. The number of para-hydroxylation sites is 1. The summed E-state index contributed by atoms with van der Waals surface area (Å²) in [5.74, 6) is -0.731. The Labute approximate surface area is 211 Å². The Morgan fingerprint density at radius 2 is 1.69 bits per heavy atom. The van der Waals surface area contributed by atoms with Gasteiger partial charge >= 0.3 is 0 Å². The first-order valence-electron chi connectivity index (χ1n) is 10.5. The summed E-state index contributed by atoms with van der Waals surface area (Å²) in [5, 5.41) is 10.8. The number of nitrogens with one attached hydrogen (secondary N) is 1. The zero-order valence-corrected chi connectivity index (χ0v) is 21.0. The van der Waals surface area contributed by atoms with E-state index < -0.39 is 28.3 Å². The van der Waals surface area contributed by atoms with E-state index >= 15 is 0 Å². The van der Waals surface area contributed by atoms with Crippen molar-refractivity contribution in [3.63, 3.8) is 0 Å². The molecule has 4 rings (SSSR count). The van der Waals surface area contributed by atoms with Crippen LogP contribution in [-0.4, -0.2) is 31.1 Å². The first-order chi connectivity index (χ1) is 16.8. The quantitative estimate of drug-likeness (QED) is 0.240. The van der Waals surface area contributed by atoms with Crippen LogP contribution in [0, 0.1) is 12.7 Å². The van der Waals surface area contributed by atoms with Crippen LogP contribution in [0.2, 0.25) is 0 Å². The van der Waals surface area contributed by atoms with E-state index in [4.69, 9.17) is 0 Å². The standard InChI is InChI=1S/C24H21FN4O3S3/c1-17-11-13-19(14-12-17)35(31,32)29(21-10-6-5-9-20(21)25)15-22(30)26-23-27-28-24(34-23)33-16-18-7-3-2-4-8-18/h2-14H,15-16H2,1H3,(H,26,27,30). The summed E-state index contributed by atoms with van der Waals surface area (Å²) in [6.07, 6.45) is 0. The number of aryl methyl sites for hydroxylation is 1. The number of halogens is 1. The van der Waals surface area contributed by atoms with E-state index in [0.29, 0.717) is 10.1 Å². The molecule has 0 saturated carbocycles. The van der Waals surface area contributed by atoms with Crippen LogP contribution in [0.25, 0.3) is 0 Å². The van der Waals surface area contributed by atoms with Gasteiger partial charge in [0.15, 0.2) is 4.34 Å². The summed E-state index contributed by atoms with van der Waals surface area (Å²) in [4.78, 5) is 12.8. The molecular weight excluding hydrogens is 507 g/mol. The number of benzene rings is 3. The third kappa shape index (κ3) is 6.24. The van der Waals surface area contributed by atoms with Crippen LogP contribution in [-0.2, 0) is 20.6 Å². The van der Waals surface area contributed by atoms with Gasteiger partial charge in [-0.25, -0.2) is 12.8 Å². The summed E-state index contributed by atoms with van der Waals surface area (Å²) < 4.78 is 42.7. The number of anilines is 2. The molecule has 0 atom stereocenters. The Hall–Kier alpha value is -3.28. The summed E-state index contributed by atoms with van der Waals surface area (Å²) in [5.41, 5.74) is 1.77. The number of aromatic nitrogens is 2. The number of hydrogen-bond acceptors (Lipinski definition) is 7. The van der Waals surface area contributed by atoms with Gasteiger partial charge in [-0.2, -0.15) is 0 Å². The Bertz CT molecular complexity index is 1410. The average Bonchev–Trinajstić information content (AvgIpc) is 3.30. The maximum atomic E-state index is 14.6. The normalized spacial score (nSPS) is 11.3. The second kappa shape index (κ2) is 11.0. The van der Waals surface area contributed by atoms with Crippen molar-refractivity contribution in [1.82, 2.24) is 10.2 Å². The van der Waals surface area contributed by atoms with Gasteiger partial charge in [-0.15, -0.1) is 10.2 Å². The lowest BCUT2D eigenvalue weighted by atomic mass is 10.2. The Morgan fingerprint density at radius 3 is 2.40 bits per heavy atom. The van der Waals surface area contributed by atoms with E-state index in [1.165, 1.54) is 53.4 Å². The third-order valence-corrected chi connectivity index (χ3v) is 8.69. The first kappa shape index (κ1) is 24.8. The number of sulfonamides is 1. The van der Waals surface area contributed by atoms with E-state index in [9.17, 15) is 17.6 Å². The monoisotopic (exact) mass is 528 g/mol. The molecule has 0 unspecified atom stereocenters. The molecule has 0 aliphatic carbocycles. The summed E-state index contributed by atoms with van der Waals surface area (Å²) in [7, 11) is -4.22. The third-order valence-electron chi connectivity index (χ3n) is 4.88. The molecule has 1 heterocycles. The fourth-order valence-corrected chi connectivity index (χ4v) is 6.27. The molecule has 4 aromatic rings. The van der Waals surface area contributed by atoms with E-state index in [0.717, 1.165) is 21.5 Å². The number of carbonyl (C=O) groups is 1. The summed E-state index contributed by atoms with van der Waals surface area (Å²) >= 11 is 2.65. The molecule has 35 heavy (non-hydrogen) atoms. The molecule has 1 N–H and O–H groups in total. The molecule has 3 aromatic carbocycles. The zero-order chi connectivity index (χ0) is 24.8. The lowest BCUT2D eigenvalue weighted by molar-refractivity contribution is -0.114. The predicted molar refractivity (Wildman–Crippen MR) is 137 cm³/mol. The van der Waals surface area contributed by atoms with Gasteiger partial charge in [-0.1, -0.05) is 83.3 Å². The van der Waals surface area contributed by atoms with Crippen LogP contribution in [0.5, 0.6) is 0 Å². The van der Waals surface area contributed by atoms with Crippen molar-refractivity contribution in [2.24, 2.45) is 0 Å². The number of thioether (sulfide) groups is 1. The van der Waals surface area contributed by atoms with Crippen LogP contribution in [0.4, 0.5) is 15.2 Å². The minimum atomic E-state index is -4.22. The fourth-order valence-electron chi connectivity index (χ4n) is 3.12. The highest BCUT2D eigenvalue weighted by Gasteiger charge is 2.29. The molecule has 0 bridgehead atoms. The maximum Gasteiger partial charge on any atom is 0.264 e. The molecule has 7 nitrogen and oxygen atoms in total. The lowest BCUT2D eigenvalue weighted by Gasteiger charge is -2.24. The van der Waals surface area contributed by atoms with Gasteiger partial charge in [0, 0.05) is 5.75 Å². The summed E-state index contributed by atoms with van der Waals surface area (Å²) in [6, 6.07) is 21.4. The van der Waals surface area contributed by atoms with Gasteiger partial charge in [-0.05, 0) is 36.8 Å². The molecule has 0 aliphatic rings. The topological polar surface area (TPSA) is 92.3 Å². The number of amides is 1. The Kier molecular flexibility index (Phi) is 7.79. The molecule has 0 saturated heterocycles. The van der Waals surface area contributed by atoms with Crippen molar-refractivity contribution >= 4 is 49.8 Å². The van der Waals surface area contributed by atoms with Gasteiger partial charge < -0.3 is 0 Å². The van der Waals surface area contributed by atoms with Crippen molar-refractivity contribution in [3.05, 3.63) is 95.8 Å². The molecule has 180 valence electrons. The second-order valence-electron chi connectivity index (χ2n) is 7.47. The molecule has 1 aromatic heterocycles. The van der Waals surface area contributed by atoms with E-state index in [2.05, 4.69) is 15.5 Å². The van der Waals surface area contributed by atoms with Gasteiger partial charge in [0.1, 0.15) is 12.4 Å². The van der Waals surface area contributed by atoms with Crippen LogP contribution in [0.1, 0.15) is 11.1 Å². The van der Waals surface area contributed by atoms with Crippen LogP contribution in [0.15, 0.2) is 88.1 Å². The van der Waals surface area contributed by atoms with Gasteiger partial charge in [0.25, 0.3) is 10.0 Å². The zero-order valence-electron chi connectivity index (χ0n) is 18.6. The molecule has 11 heteroatoms. The minimum Gasteiger partial charge on any atom is -0.299 e. The molecule has 0 radical (unpaired) electrons. The smallest absolute Gasteiger partial charge is 0.264 e. The molecular formula is C24H21FN4O3S3. The molecule has 0 spiro atoms. The summed E-state index contributed by atoms with van der Waals surface area (Å²) in [6.45, 7) is 1.19. The minimum absolute atomic E-state index is 0.0466. The van der Waals surface area contributed by atoms with Crippen molar-refractivity contribution < 1.29 is 17.6 Å². The highest BCUT2D eigenvalue weighted by molar-refractivity contribution is 8.00. The van der Waals surface area contributed by atoms with Crippen LogP contribution >= 0.6 is 23.1 Å². The van der Waals surface area contributed by atoms with Crippen molar-refractivity contribution in [3.8, 4) is 0 Å². The highest BCUT2D eigenvalue weighted by atomic mass is 32.2. The van der Waals surface area contributed by atoms with Gasteiger partial charge in [0.2, 0.25) is 11.0 Å². The molecule has 0 fully saturated rings. The van der Waals surface area contributed by atoms with Gasteiger partial charge in [-0.3, -0.25) is 14.4 Å². The predicted octanol–water partition coefficient (Wildman–Crippen LogP) is 5.11. The van der Waals surface area contributed by atoms with Crippen molar-refractivity contribution in [1.29, 1.82) is 0 Å². The Balaban J connectivity index is 1.51.